The third-order valence-corrected chi connectivity index (χ3v) is 5.90. The molecule has 0 unspecified atom stereocenters. The van der Waals surface area contributed by atoms with Crippen LogP contribution in [0.4, 0.5) is 0 Å². The van der Waals surface area contributed by atoms with Crippen LogP contribution in [0.5, 0.6) is 0 Å². The summed E-state index contributed by atoms with van der Waals surface area (Å²) in [5.74, 6) is -6.03. The first kappa shape index (κ1) is 36.3. The first-order valence-electron chi connectivity index (χ1n) is 13.3. The molecular weight excluding hydrogens is 600 g/mol. The molecule has 248 valence electrons. The van der Waals surface area contributed by atoms with Crippen molar-refractivity contribution >= 4 is 41.8 Å². The Hall–Kier alpha value is -3.87. The average molecular weight is 637 g/mol. The molecule has 0 amide bonds. The van der Waals surface area contributed by atoms with Gasteiger partial charge in [0, 0.05) is 48.5 Å². The number of carbonyl (C=O) groups is 7. The fourth-order valence-electron chi connectivity index (χ4n) is 4.49. The van der Waals surface area contributed by atoms with E-state index in [1.807, 2.05) is 0 Å². The number of esters is 7. The van der Waals surface area contributed by atoms with Gasteiger partial charge in [-0.05, 0) is 0 Å². The molecule has 10 atom stereocenters. The molecule has 2 aliphatic heterocycles. The predicted molar refractivity (Wildman–Crippen MR) is 135 cm³/mol. The Labute approximate surface area is 251 Å². The number of rotatable bonds is 11. The van der Waals surface area contributed by atoms with Crippen molar-refractivity contribution in [1.82, 2.24) is 0 Å². The summed E-state index contributed by atoms with van der Waals surface area (Å²) in [6, 6.07) is 0. The van der Waals surface area contributed by atoms with Gasteiger partial charge in [-0.1, -0.05) is 0 Å². The number of carbonyl (C=O) groups excluding carboxylic acids is 7. The molecule has 0 saturated carbocycles. The fourth-order valence-corrected chi connectivity index (χ4v) is 4.49. The van der Waals surface area contributed by atoms with Gasteiger partial charge >= 0.3 is 41.8 Å². The summed E-state index contributed by atoms with van der Waals surface area (Å²) in [5.41, 5.74) is 0. The summed E-state index contributed by atoms with van der Waals surface area (Å²) in [6.07, 6.45) is -16.3. The second-order valence-corrected chi connectivity index (χ2v) is 9.68. The van der Waals surface area contributed by atoms with Gasteiger partial charge in [0.1, 0.15) is 31.5 Å². The Morgan fingerprint density at radius 3 is 1.27 bits per heavy atom. The number of aliphatic hydroxyl groups is 1. The lowest BCUT2D eigenvalue weighted by molar-refractivity contribution is -0.357. The van der Waals surface area contributed by atoms with Gasteiger partial charge in [0.15, 0.2) is 43.1 Å². The van der Waals surface area contributed by atoms with Crippen molar-refractivity contribution in [3.63, 3.8) is 0 Å². The van der Waals surface area contributed by atoms with Crippen LogP contribution in [0.2, 0.25) is 0 Å². The number of hydrogen-bond acceptors (Lipinski definition) is 18. The molecule has 0 spiro atoms. The third-order valence-electron chi connectivity index (χ3n) is 5.90. The highest BCUT2D eigenvalue weighted by Gasteiger charge is 2.57. The quantitative estimate of drug-likeness (QED) is 0.203. The van der Waals surface area contributed by atoms with E-state index in [2.05, 4.69) is 0 Å². The first-order chi connectivity index (χ1) is 20.5. The zero-order chi connectivity index (χ0) is 33.3. The van der Waals surface area contributed by atoms with E-state index < -0.39 is 116 Å². The summed E-state index contributed by atoms with van der Waals surface area (Å²) in [7, 11) is 0. The SMILES string of the molecule is CC(=O)OC[C@@H]1O[C@H](O)[C@H](OC(C)=O)[C@H](OC(C)=O)[C@@H]1O[C@@H]1O[C@@H](COC(C)=O)[C@@H](OC(C)=O)[C@@H](OC(C)=O)[C@H]1OC(C)=O. The first-order valence-corrected chi connectivity index (χ1v) is 13.3. The summed E-state index contributed by atoms with van der Waals surface area (Å²) < 4.78 is 54.1. The van der Waals surface area contributed by atoms with Crippen LogP contribution in [0.1, 0.15) is 48.5 Å². The number of aliphatic hydroxyl groups excluding tert-OH is 1. The van der Waals surface area contributed by atoms with E-state index >= 15 is 0 Å². The molecule has 2 rings (SSSR count). The van der Waals surface area contributed by atoms with E-state index in [9.17, 15) is 38.7 Å². The van der Waals surface area contributed by atoms with E-state index in [4.69, 9.17) is 47.4 Å². The molecule has 1 N–H and O–H groups in total. The summed E-state index contributed by atoms with van der Waals surface area (Å²) >= 11 is 0. The van der Waals surface area contributed by atoms with Gasteiger partial charge in [0.25, 0.3) is 0 Å². The molecule has 18 heteroatoms. The third kappa shape index (κ3) is 10.7. The van der Waals surface area contributed by atoms with E-state index in [1.165, 1.54) is 0 Å². The molecular formula is C26H36O18. The molecule has 2 heterocycles. The Morgan fingerprint density at radius 2 is 0.841 bits per heavy atom. The van der Waals surface area contributed by atoms with Crippen molar-refractivity contribution in [3.05, 3.63) is 0 Å². The predicted octanol–water partition coefficient (Wildman–Crippen LogP) is -1.40. The van der Waals surface area contributed by atoms with Gasteiger partial charge in [0.2, 0.25) is 0 Å². The molecule has 0 aromatic carbocycles. The maximum Gasteiger partial charge on any atom is 0.303 e. The van der Waals surface area contributed by atoms with Gasteiger partial charge in [-0.25, -0.2) is 0 Å². The minimum absolute atomic E-state index is 0.572. The maximum atomic E-state index is 12.2. The van der Waals surface area contributed by atoms with Crippen LogP contribution < -0.4 is 0 Å². The molecule has 0 aromatic rings. The molecule has 2 aliphatic rings. The van der Waals surface area contributed by atoms with Crippen molar-refractivity contribution in [3.8, 4) is 0 Å². The largest absolute Gasteiger partial charge is 0.463 e. The van der Waals surface area contributed by atoms with Crippen LogP contribution in [-0.2, 0) is 80.9 Å². The zero-order valence-corrected chi connectivity index (χ0v) is 25.1. The van der Waals surface area contributed by atoms with Crippen LogP contribution in [0.3, 0.4) is 0 Å². The lowest BCUT2D eigenvalue weighted by atomic mass is 9.96. The van der Waals surface area contributed by atoms with E-state index in [0.717, 1.165) is 48.5 Å². The molecule has 44 heavy (non-hydrogen) atoms. The topological polar surface area (TPSA) is 232 Å². The molecule has 0 bridgehead atoms. The Balaban J connectivity index is 2.66. The normalized spacial score (nSPS) is 31.5. The highest BCUT2D eigenvalue weighted by Crippen LogP contribution is 2.34. The fraction of sp³-hybridized carbons (Fsp3) is 0.731. The van der Waals surface area contributed by atoms with Crippen LogP contribution in [0.15, 0.2) is 0 Å². The van der Waals surface area contributed by atoms with Crippen molar-refractivity contribution < 1.29 is 86.0 Å². The Morgan fingerprint density at radius 1 is 0.477 bits per heavy atom. The lowest BCUT2D eigenvalue weighted by Crippen LogP contribution is -2.67. The Bertz CT molecular complexity index is 1090. The second-order valence-electron chi connectivity index (χ2n) is 9.68. The summed E-state index contributed by atoms with van der Waals surface area (Å²) in [6.45, 7) is 6.11. The molecule has 0 aliphatic carbocycles. The zero-order valence-electron chi connectivity index (χ0n) is 25.1. The number of ether oxygens (including phenoxy) is 10. The van der Waals surface area contributed by atoms with Gasteiger partial charge < -0.3 is 52.5 Å². The number of hydrogen-bond donors (Lipinski definition) is 1. The highest BCUT2D eigenvalue weighted by molar-refractivity contribution is 5.69. The monoisotopic (exact) mass is 636 g/mol. The minimum atomic E-state index is -1.90. The van der Waals surface area contributed by atoms with Crippen LogP contribution in [0.25, 0.3) is 0 Å². The maximum absolute atomic E-state index is 12.2. The van der Waals surface area contributed by atoms with Gasteiger partial charge in [-0.2, -0.15) is 0 Å². The van der Waals surface area contributed by atoms with Gasteiger partial charge in [0.05, 0.1) is 0 Å². The summed E-state index contributed by atoms with van der Waals surface area (Å²) in [5, 5.41) is 10.6. The molecule has 18 nitrogen and oxygen atoms in total. The van der Waals surface area contributed by atoms with Crippen molar-refractivity contribution in [2.45, 2.75) is 110 Å². The van der Waals surface area contributed by atoms with E-state index in [0.29, 0.717) is 0 Å². The van der Waals surface area contributed by atoms with E-state index in [-0.39, 0.29) is 0 Å². The highest BCUT2D eigenvalue weighted by atomic mass is 16.8. The summed E-state index contributed by atoms with van der Waals surface area (Å²) in [4.78, 5) is 83.5. The molecule has 2 fully saturated rings. The Kier molecular flexibility index (Phi) is 13.4. The smallest absolute Gasteiger partial charge is 0.303 e. The molecule has 0 radical (unpaired) electrons. The second kappa shape index (κ2) is 16.3. The van der Waals surface area contributed by atoms with E-state index in [1.54, 1.807) is 0 Å². The van der Waals surface area contributed by atoms with Crippen molar-refractivity contribution in [2.24, 2.45) is 0 Å². The molecule has 0 aromatic heterocycles. The van der Waals surface area contributed by atoms with Crippen molar-refractivity contribution in [1.29, 1.82) is 0 Å². The lowest BCUT2D eigenvalue weighted by Gasteiger charge is -2.48. The minimum Gasteiger partial charge on any atom is -0.463 e. The van der Waals surface area contributed by atoms with Gasteiger partial charge in [-0.3, -0.25) is 33.6 Å². The van der Waals surface area contributed by atoms with Crippen molar-refractivity contribution in [2.75, 3.05) is 13.2 Å². The standard InChI is InChI=1S/C26H36O18/c1-10(27)35-8-17-20(21(38-13(4)30)23(25(34)42-17)40-15(6)32)44-26-24(41-16(7)33)22(39-14(5)31)19(37-12(3)29)18(43-26)9-36-11(2)28/h17-26,34H,8-9H2,1-7H3/t17-,18-,19+,20+,21+,22+,23+,24+,25-,26-/m0/s1. The molecule has 2 saturated heterocycles. The van der Waals surface area contributed by atoms with Crippen LogP contribution in [-0.4, -0.2) is 122 Å². The van der Waals surface area contributed by atoms with Crippen LogP contribution in [0, 0.1) is 0 Å². The van der Waals surface area contributed by atoms with Gasteiger partial charge in [-0.15, -0.1) is 0 Å². The average Bonchev–Trinajstić information content (AvgIpc) is 2.87. The van der Waals surface area contributed by atoms with Crippen LogP contribution >= 0.6 is 0 Å².